The van der Waals surface area contributed by atoms with Crippen molar-refractivity contribution in [2.75, 3.05) is 26.3 Å². The van der Waals surface area contributed by atoms with E-state index in [0.29, 0.717) is 25.6 Å². The molecule has 2 N–H and O–H groups in total. The number of aliphatic carboxylic acids is 1. The Labute approximate surface area is 106 Å². The van der Waals surface area contributed by atoms with E-state index in [9.17, 15) is 9.59 Å². The molecule has 1 atom stereocenters. The molecule has 0 aromatic carbocycles. The molecule has 0 aromatic rings. The van der Waals surface area contributed by atoms with Crippen molar-refractivity contribution in [3.05, 3.63) is 0 Å². The number of nitrogens with zero attached hydrogens (tertiary/aromatic N) is 1. The third-order valence-electron chi connectivity index (χ3n) is 3.38. The second-order valence-corrected chi connectivity index (χ2v) is 4.98. The minimum absolute atomic E-state index is 0.0104. The summed E-state index contributed by atoms with van der Waals surface area (Å²) in [6.07, 6.45) is 2.97. The van der Waals surface area contributed by atoms with Crippen molar-refractivity contribution < 1.29 is 19.4 Å². The molecule has 0 spiro atoms. The Morgan fingerprint density at radius 3 is 2.67 bits per heavy atom. The fraction of sp³-hybridized carbons (Fsp3) is 0.833. The van der Waals surface area contributed by atoms with Crippen molar-refractivity contribution >= 4 is 12.0 Å². The van der Waals surface area contributed by atoms with Gasteiger partial charge in [-0.2, -0.15) is 0 Å². The lowest BCUT2D eigenvalue weighted by atomic mass is 10.1. The summed E-state index contributed by atoms with van der Waals surface area (Å²) in [6, 6.07) is 0.106. The minimum atomic E-state index is -0.863. The third-order valence-corrected chi connectivity index (χ3v) is 3.38. The maximum atomic E-state index is 12.0. The Bertz CT molecular complexity index is 311. The van der Waals surface area contributed by atoms with E-state index in [0.717, 1.165) is 25.9 Å². The van der Waals surface area contributed by atoms with E-state index in [4.69, 9.17) is 9.84 Å². The van der Waals surface area contributed by atoms with Gasteiger partial charge in [-0.05, 0) is 19.3 Å². The number of urea groups is 1. The smallest absolute Gasteiger partial charge is 0.317 e. The molecule has 18 heavy (non-hydrogen) atoms. The van der Waals surface area contributed by atoms with Crippen LogP contribution in [0.15, 0.2) is 0 Å². The zero-order valence-electron chi connectivity index (χ0n) is 10.4. The molecule has 0 radical (unpaired) electrons. The lowest BCUT2D eigenvalue weighted by molar-refractivity contribution is -0.137. The summed E-state index contributed by atoms with van der Waals surface area (Å²) in [5.41, 5.74) is 0. The molecule has 0 bridgehead atoms. The van der Waals surface area contributed by atoms with Crippen molar-refractivity contribution in [1.82, 2.24) is 10.2 Å². The summed E-state index contributed by atoms with van der Waals surface area (Å²) in [5, 5.41) is 11.6. The zero-order chi connectivity index (χ0) is 13.0. The van der Waals surface area contributed by atoms with Crippen LogP contribution in [0.4, 0.5) is 4.79 Å². The number of hydrogen-bond donors (Lipinski definition) is 2. The molecule has 1 aliphatic heterocycles. The number of carboxylic acid groups (broad SMARTS) is 1. The molecule has 2 aliphatic rings. The van der Waals surface area contributed by atoms with E-state index in [1.807, 2.05) is 0 Å². The number of carboxylic acids is 1. The van der Waals surface area contributed by atoms with Gasteiger partial charge in [0.15, 0.2) is 0 Å². The average Bonchev–Trinajstić information content (AvgIpc) is 3.03. The molecule has 1 saturated heterocycles. The highest BCUT2D eigenvalue weighted by atomic mass is 16.5. The summed E-state index contributed by atoms with van der Waals surface area (Å²) in [7, 11) is 0. The fourth-order valence-electron chi connectivity index (χ4n) is 2.13. The van der Waals surface area contributed by atoms with Gasteiger partial charge in [-0.25, -0.2) is 4.79 Å². The number of carbonyl (C=O) groups excluding carboxylic acids is 1. The number of ether oxygens (including phenoxy) is 1. The van der Waals surface area contributed by atoms with Gasteiger partial charge in [0.2, 0.25) is 0 Å². The molecule has 1 aliphatic carbocycles. The summed E-state index contributed by atoms with van der Waals surface area (Å²) in [6.45, 7) is 2.40. The van der Waals surface area contributed by atoms with Crippen molar-refractivity contribution in [1.29, 1.82) is 0 Å². The molecule has 102 valence electrons. The van der Waals surface area contributed by atoms with Crippen molar-refractivity contribution in [3.8, 4) is 0 Å². The van der Waals surface area contributed by atoms with Gasteiger partial charge in [0.25, 0.3) is 0 Å². The van der Waals surface area contributed by atoms with Gasteiger partial charge < -0.3 is 20.1 Å². The summed E-state index contributed by atoms with van der Waals surface area (Å²) in [5.74, 6) is -0.466. The highest BCUT2D eigenvalue weighted by molar-refractivity contribution is 5.76. The quantitative estimate of drug-likeness (QED) is 0.732. The molecular formula is C12H20N2O4. The van der Waals surface area contributed by atoms with Crippen LogP contribution in [0, 0.1) is 5.92 Å². The van der Waals surface area contributed by atoms with Gasteiger partial charge >= 0.3 is 12.0 Å². The monoisotopic (exact) mass is 256 g/mol. The molecule has 2 amide bonds. The van der Waals surface area contributed by atoms with Gasteiger partial charge in [0.05, 0.1) is 13.0 Å². The normalized spacial score (nSPS) is 22.8. The van der Waals surface area contributed by atoms with Crippen LogP contribution in [0.2, 0.25) is 0 Å². The zero-order valence-corrected chi connectivity index (χ0v) is 10.4. The maximum Gasteiger partial charge on any atom is 0.317 e. The lowest BCUT2D eigenvalue weighted by Gasteiger charge is -2.22. The molecule has 1 saturated carbocycles. The van der Waals surface area contributed by atoms with Crippen molar-refractivity contribution in [2.24, 2.45) is 5.92 Å². The number of carbonyl (C=O) groups is 2. The Kier molecular flexibility index (Phi) is 4.41. The average molecular weight is 256 g/mol. The van der Waals surface area contributed by atoms with Crippen LogP contribution in [-0.2, 0) is 9.53 Å². The number of hydrogen-bond acceptors (Lipinski definition) is 3. The molecule has 6 heteroatoms. The minimum Gasteiger partial charge on any atom is -0.481 e. The van der Waals surface area contributed by atoms with Crippen molar-refractivity contribution in [2.45, 2.75) is 31.7 Å². The second kappa shape index (κ2) is 6.04. The van der Waals surface area contributed by atoms with Crippen LogP contribution >= 0.6 is 0 Å². The lowest BCUT2D eigenvalue weighted by Crippen LogP contribution is -2.44. The first-order valence-electron chi connectivity index (χ1n) is 6.51. The second-order valence-electron chi connectivity index (χ2n) is 4.98. The summed E-state index contributed by atoms with van der Waals surface area (Å²) in [4.78, 5) is 24.2. The van der Waals surface area contributed by atoms with Crippen LogP contribution in [-0.4, -0.2) is 54.4 Å². The van der Waals surface area contributed by atoms with Gasteiger partial charge in [0.1, 0.15) is 0 Å². The van der Waals surface area contributed by atoms with Crippen LogP contribution in [0.5, 0.6) is 0 Å². The summed E-state index contributed by atoms with van der Waals surface area (Å²) >= 11 is 0. The van der Waals surface area contributed by atoms with E-state index in [1.54, 1.807) is 4.90 Å². The Balaban J connectivity index is 1.74. The Morgan fingerprint density at radius 2 is 2.11 bits per heavy atom. The number of rotatable bonds is 6. The molecule has 0 aromatic heterocycles. The highest BCUT2D eigenvalue weighted by Crippen LogP contribution is 2.27. The van der Waals surface area contributed by atoms with E-state index in [1.165, 1.54) is 0 Å². The molecule has 2 rings (SSSR count). The molecule has 1 unspecified atom stereocenters. The van der Waals surface area contributed by atoms with E-state index >= 15 is 0 Å². The number of amides is 2. The van der Waals surface area contributed by atoms with Crippen LogP contribution in [0.25, 0.3) is 0 Å². The van der Waals surface area contributed by atoms with Gasteiger partial charge in [-0.1, -0.05) is 0 Å². The number of nitrogens with one attached hydrogen (secondary N) is 1. The first-order valence-corrected chi connectivity index (χ1v) is 6.51. The highest BCUT2D eigenvalue weighted by Gasteiger charge is 2.32. The molecule has 6 nitrogen and oxygen atoms in total. The largest absolute Gasteiger partial charge is 0.481 e. The Morgan fingerprint density at radius 1 is 1.33 bits per heavy atom. The van der Waals surface area contributed by atoms with Gasteiger partial charge in [0, 0.05) is 31.7 Å². The van der Waals surface area contributed by atoms with Crippen LogP contribution in [0.1, 0.15) is 25.7 Å². The van der Waals surface area contributed by atoms with Gasteiger partial charge in [-0.15, -0.1) is 0 Å². The van der Waals surface area contributed by atoms with E-state index in [-0.39, 0.29) is 18.5 Å². The topological polar surface area (TPSA) is 78.9 Å². The Hall–Kier alpha value is -1.30. The standard InChI is InChI=1S/C12H20N2O4/c15-11(16)3-5-14(10-1-2-10)12(17)13-7-9-4-6-18-8-9/h9-10H,1-8H2,(H,13,17)(H,15,16). The SMILES string of the molecule is O=C(O)CCN(C(=O)NCC1CCOC1)C1CC1. The maximum absolute atomic E-state index is 12.0. The van der Waals surface area contributed by atoms with Gasteiger partial charge in [-0.3, -0.25) is 4.79 Å². The first kappa shape index (κ1) is 13.1. The van der Waals surface area contributed by atoms with Crippen LogP contribution < -0.4 is 5.32 Å². The van der Waals surface area contributed by atoms with E-state index in [2.05, 4.69) is 5.32 Å². The van der Waals surface area contributed by atoms with Crippen molar-refractivity contribution in [3.63, 3.8) is 0 Å². The third kappa shape index (κ3) is 3.87. The molecular weight excluding hydrogens is 236 g/mol. The summed E-state index contributed by atoms with van der Waals surface area (Å²) < 4.78 is 5.25. The molecule has 1 heterocycles. The molecule has 2 fully saturated rings. The first-order chi connectivity index (χ1) is 8.66. The predicted octanol–water partition coefficient (Wildman–Crippen LogP) is 0.672. The van der Waals surface area contributed by atoms with Crippen LogP contribution in [0.3, 0.4) is 0 Å². The fourth-order valence-corrected chi connectivity index (χ4v) is 2.13. The van der Waals surface area contributed by atoms with E-state index < -0.39 is 5.97 Å². The predicted molar refractivity (Wildman–Crippen MR) is 64.3 cm³/mol.